The summed E-state index contributed by atoms with van der Waals surface area (Å²) in [6.45, 7) is 0. The third-order valence-corrected chi connectivity index (χ3v) is 4.60. The molecule has 0 aliphatic carbocycles. The molecule has 0 fully saturated rings. The molecule has 0 atom stereocenters. The summed E-state index contributed by atoms with van der Waals surface area (Å²) >= 11 is 0. The third-order valence-electron chi connectivity index (χ3n) is 3.65. The van der Waals surface area contributed by atoms with Crippen LogP contribution in [0.1, 0.15) is 10.4 Å². The standard InChI is InChI=1S/C17H14N2O5S/c18-11-7-5-10(6-8-11)17(21)19-14-9-15(20)16(25(22,23)24)13-4-2-1-3-12(13)14/h1-9,20H,18H2,(H,19,21)(H,22,23,24). The van der Waals surface area contributed by atoms with Crippen molar-refractivity contribution in [2.24, 2.45) is 0 Å². The van der Waals surface area contributed by atoms with E-state index in [1.54, 1.807) is 42.5 Å². The highest BCUT2D eigenvalue weighted by Gasteiger charge is 2.22. The van der Waals surface area contributed by atoms with Gasteiger partial charge >= 0.3 is 0 Å². The molecule has 7 nitrogen and oxygen atoms in total. The van der Waals surface area contributed by atoms with Crippen LogP contribution in [0, 0.1) is 0 Å². The van der Waals surface area contributed by atoms with Gasteiger partial charge in [0.1, 0.15) is 10.6 Å². The smallest absolute Gasteiger partial charge is 0.298 e. The number of nitrogens with two attached hydrogens (primary N) is 1. The molecule has 0 spiro atoms. The average molecular weight is 358 g/mol. The summed E-state index contributed by atoms with van der Waals surface area (Å²) in [7, 11) is -4.64. The van der Waals surface area contributed by atoms with Gasteiger partial charge in [0.05, 0.1) is 5.69 Å². The number of rotatable bonds is 3. The molecule has 0 aromatic heterocycles. The molecule has 0 saturated heterocycles. The van der Waals surface area contributed by atoms with Gasteiger partial charge in [0, 0.05) is 28.1 Å². The minimum Gasteiger partial charge on any atom is -0.506 e. The van der Waals surface area contributed by atoms with Crippen LogP contribution in [0.25, 0.3) is 10.8 Å². The molecule has 3 aromatic carbocycles. The van der Waals surface area contributed by atoms with Gasteiger partial charge in [-0.05, 0) is 24.3 Å². The Balaban J connectivity index is 2.12. The van der Waals surface area contributed by atoms with Crippen LogP contribution in [0.2, 0.25) is 0 Å². The summed E-state index contributed by atoms with van der Waals surface area (Å²) in [4.78, 5) is 11.8. The van der Waals surface area contributed by atoms with E-state index < -0.39 is 26.7 Å². The molecule has 0 bridgehead atoms. The maximum absolute atomic E-state index is 12.4. The normalized spacial score (nSPS) is 11.4. The van der Waals surface area contributed by atoms with Crippen LogP contribution >= 0.6 is 0 Å². The Morgan fingerprint density at radius 2 is 1.60 bits per heavy atom. The quantitative estimate of drug-likeness (QED) is 0.421. The Morgan fingerprint density at radius 1 is 1.00 bits per heavy atom. The number of phenolic OH excluding ortho intramolecular Hbond substituents is 1. The second-order valence-corrected chi connectivity index (χ2v) is 6.73. The van der Waals surface area contributed by atoms with Crippen LogP contribution in [-0.2, 0) is 10.1 Å². The lowest BCUT2D eigenvalue weighted by Gasteiger charge is -2.13. The van der Waals surface area contributed by atoms with Gasteiger partial charge < -0.3 is 16.2 Å². The zero-order chi connectivity index (χ0) is 18.2. The fraction of sp³-hybridized carbons (Fsp3) is 0. The Hall–Kier alpha value is -3.10. The lowest BCUT2D eigenvalue weighted by Crippen LogP contribution is -2.12. The fourth-order valence-corrected chi connectivity index (χ4v) is 3.32. The number of carbonyl (C=O) groups excluding carboxylic acids is 1. The van der Waals surface area contributed by atoms with Crippen LogP contribution in [-0.4, -0.2) is 24.0 Å². The van der Waals surface area contributed by atoms with Gasteiger partial charge in [0.2, 0.25) is 0 Å². The first-order chi connectivity index (χ1) is 11.8. The highest BCUT2D eigenvalue weighted by molar-refractivity contribution is 7.86. The predicted molar refractivity (Wildman–Crippen MR) is 94.2 cm³/mol. The van der Waals surface area contributed by atoms with Gasteiger partial charge in [0.25, 0.3) is 16.0 Å². The van der Waals surface area contributed by atoms with E-state index in [4.69, 9.17) is 5.73 Å². The molecule has 128 valence electrons. The molecule has 3 rings (SSSR count). The molecule has 3 aromatic rings. The zero-order valence-corrected chi connectivity index (χ0v) is 13.6. The van der Waals surface area contributed by atoms with E-state index in [1.165, 1.54) is 6.07 Å². The number of carbonyl (C=O) groups is 1. The number of amides is 1. The lowest BCUT2D eigenvalue weighted by atomic mass is 10.1. The zero-order valence-electron chi connectivity index (χ0n) is 12.8. The second-order valence-electron chi connectivity index (χ2n) is 5.37. The highest BCUT2D eigenvalue weighted by Crippen LogP contribution is 2.36. The Bertz CT molecular complexity index is 1080. The predicted octanol–water partition coefficient (Wildman–Crippen LogP) is 2.63. The Kier molecular flexibility index (Phi) is 4.07. The van der Waals surface area contributed by atoms with Crippen molar-refractivity contribution < 1.29 is 22.9 Å². The first kappa shape index (κ1) is 16.7. The summed E-state index contributed by atoms with van der Waals surface area (Å²) in [6.07, 6.45) is 0. The Labute approximate surface area is 143 Å². The van der Waals surface area contributed by atoms with E-state index in [1.807, 2.05) is 0 Å². The van der Waals surface area contributed by atoms with Crippen molar-refractivity contribution in [3.63, 3.8) is 0 Å². The van der Waals surface area contributed by atoms with Crippen LogP contribution in [0.3, 0.4) is 0 Å². The van der Waals surface area contributed by atoms with Gasteiger partial charge in [-0.25, -0.2) is 0 Å². The van der Waals surface area contributed by atoms with Crippen LogP contribution in [0.15, 0.2) is 59.5 Å². The van der Waals surface area contributed by atoms with E-state index in [2.05, 4.69) is 5.32 Å². The fourth-order valence-electron chi connectivity index (χ4n) is 2.54. The number of hydrogen-bond donors (Lipinski definition) is 4. The van der Waals surface area contributed by atoms with E-state index in [9.17, 15) is 22.9 Å². The second kappa shape index (κ2) is 6.08. The third kappa shape index (κ3) is 3.25. The molecular formula is C17H14N2O5S. The average Bonchev–Trinajstić information content (AvgIpc) is 2.54. The largest absolute Gasteiger partial charge is 0.506 e. The lowest BCUT2D eigenvalue weighted by molar-refractivity contribution is 0.102. The molecule has 8 heteroatoms. The maximum Gasteiger partial charge on any atom is 0.298 e. The molecule has 0 aliphatic heterocycles. The van der Waals surface area contributed by atoms with E-state index in [-0.39, 0.29) is 11.1 Å². The van der Waals surface area contributed by atoms with E-state index >= 15 is 0 Å². The molecule has 1 amide bonds. The van der Waals surface area contributed by atoms with Crippen molar-refractivity contribution in [1.29, 1.82) is 0 Å². The number of anilines is 2. The molecule has 0 heterocycles. The van der Waals surface area contributed by atoms with Crippen LogP contribution in [0.5, 0.6) is 5.75 Å². The number of nitrogen functional groups attached to an aromatic ring is 1. The summed E-state index contributed by atoms with van der Waals surface area (Å²) in [5, 5.41) is 13.1. The van der Waals surface area contributed by atoms with Gasteiger partial charge in [0.15, 0.2) is 0 Å². The minimum absolute atomic E-state index is 0.0950. The summed E-state index contributed by atoms with van der Waals surface area (Å²) in [6, 6.07) is 13.5. The molecule has 0 saturated carbocycles. The van der Waals surface area contributed by atoms with Gasteiger partial charge in [-0.15, -0.1) is 0 Å². The molecule has 5 N–H and O–H groups in total. The van der Waals surface area contributed by atoms with Gasteiger partial charge in [-0.3, -0.25) is 9.35 Å². The molecule has 0 unspecified atom stereocenters. The summed E-state index contributed by atoms with van der Waals surface area (Å²) < 4.78 is 32.5. The van der Waals surface area contributed by atoms with Crippen LogP contribution < -0.4 is 11.1 Å². The molecule has 0 aliphatic rings. The number of aromatic hydroxyl groups is 1. The van der Waals surface area contributed by atoms with Crippen molar-refractivity contribution in [2.75, 3.05) is 11.1 Å². The molecule has 25 heavy (non-hydrogen) atoms. The van der Waals surface area contributed by atoms with Gasteiger partial charge in [-0.1, -0.05) is 24.3 Å². The molecule has 0 radical (unpaired) electrons. The summed E-state index contributed by atoms with van der Waals surface area (Å²) in [5.74, 6) is -1.11. The summed E-state index contributed by atoms with van der Waals surface area (Å²) in [5.41, 5.74) is 6.65. The number of benzene rings is 3. The number of phenols is 1. The monoisotopic (exact) mass is 358 g/mol. The Morgan fingerprint density at radius 3 is 2.20 bits per heavy atom. The van der Waals surface area contributed by atoms with E-state index in [0.29, 0.717) is 16.6 Å². The first-order valence-electron chi connectivity index (χ1n) is 7.16. The van der Waals surface area contributed by atoms with Crippen molar-refractivity contribution in [2.45, 2.75) is 4.90 Å². The van der Waals surface area contributed by atoms with E-state index in [0.717, 1.165) is 6.07 Å². The highest BCUT2D eigenvalue weighted by atomic mass is 32.2. The number of nitrogens with one attached hydrogen (secondary N) is 1. The number of hydrogen-bond acceptors (Lipinski definition) is 5. The number of fused-ring (bicyclic) bond motifs is 1. The molecular weight excluding hydrogens is 344 g/mol. The maximum atomic E-state index is 12.4. The minimum atomic E-state index is -4.64. The van der Waals surface area contributed by atoms with Crippen LogP contribution in [0.4, 0.5) is 11.4 Å². The van der Waals surface area contributed by atoms with Crippen molar-refractivity contribution in [3.05, 3.63) is 60.2 Å². The van der Waals surface area contributed by atoms with Crippen molar-refractivity contribution in [1.82, 2.24) is 0 Å². The first-order valence-corrected chi connectivity index (χ1v) is 8.60. The van der Waals surface area contributed by atoms with Crippen molar-refractivity contribution >= 4 is 38.2 Å². The topological polar surface area (TPSA) is 130 Å². The van der Waals surface area contributed by atoms with Crippen molar-refractivity contribution in [3.8, 4) is 5.75 Å². The van der Waals surface area contributed by atoms with Gasteiger partial charge in [-0.2, -0.15) is 8.42 Å². The SMILES string of the molecule is Nc1ccc(C(=O)Nc2cc(O)c(S(=O)(=O)O)c3ccccc23)cc1.